The van der Waals surface area contributed by atoms with E-state index in [1.165, 1.54) is 0 Å². The quantitative estimate of drug-likeness (QED) is 0.741. The molecule has 0 saturated heterocycles. The Morgan fingerprint density at radius 1 is 1.14 bits per heavy atom. The topological polar surface area (TPSA) is 92.3 Å². The molecule has 0 fully saturated rings. The molecule has 1 aliphatic rings. The molecule has 7 nitrogen and oxygen atoms in total. The number of anilines is 2. The number of nitrogens with one attached hydrogen (secondary N) is 3. The summed E-state index contributed by atoms with van der Waals surface area (Å²) < 4.78 is 6.26. The average Bonchev–Trinajstić information content (AvgIpc) is 3.01. The van der Waals surface area contributed by atoms with E-state index in [-0.39, 0.29) is 24.4 Å². The molecule has 0 unspecified atom stereocenters. The lowest BCUT2D eigenvalue weighted by Gasteiger charge is -2.22. The van der Waals surface area contributed by atoms with Crippen LogP contribution in [0.15, 0.2) is 12.3 Å². The van der Waals surface area contributed by atoms with Crippen molar-refractivity contribution in [2.45, 2.75) is 54.0 Å². The number of pyridine rings is 1. The SMILES string of the molecule is Cc1c(C)c(Oc2ccnc3c2CC(=O)N3)c(C)c(C)c1NC(=O)NC(C)C. The van der Waals surface area contributed by atoms with Crippen molar-refractivity contribution in [1.29, 1.82) is 0 Å². The maximum Gasteiger partial charge on any atom is 0.319 e. The zero-order valence-electron chi connectivity index (χ0n) is 17.1. The van der Waals surface area contributed by atoms with Gasteiger partial charge in [0.25, 0.3) is 0 Å². The summed E-state index contributed by atoms with van der Waals surface area (Å²) in [5.41, 5.74) is 5.31. The Hall–Kier alpha value is -3.09. The number of rotatable bonds is 4. The Balaban J connectivity index is 1.97. The van der Waals surface area contributed by atoms with Gasteiger partial charge in [-0.25, -0.2) is 9.78 Å². The minimum atomic E-state index is -0.231. The number of ether oxygens (including phenoxy) is 1. The van der Waals surface area contributed by atoms with Gasteiger partial charge in [0.1, 0.15) is 17.3 Å². The van der Waals surface area contributed by atoms with Gasteiger partial charge in [-0.3, -0.25) is 4.79 Å². The van der Waals surface area contributed by atoms with Gasteiger partial charge in [-0.15, -0.1) is 0 Å². The van der Waals surface area contributed by atoms with Crippen molar-refractivity contribution >= 4 is 23.4 Å². The fourth-order valence-electron chi connectivity index (χ4n) is 3.33. The molecule has 0 spiro atoms. The highest BCUT2D eigenvalue weighted by Crippen LogP contribution is 2.40. The molecular formula is C21H26N4O3. The number of hydrogen-bond donors (Lipinski definition) is 3. The van der Waals surface area contributed by atoms with E-state index in [4.69, 9.17) is 4.74 Å². The number of carbonyl (C=O) groups is 2. The third kappa shape index (κ3) is 3.65. The average molecular weight is 382 g/mol. The molecule has 0 radical (unpaired) electrons. The summed E-state index contributed by atoms with van der Waals surface area (Å²) in [6.07, 6.45) is 1.87. The first-order valence-corrected chi connectivity index (χ1v) is 9.32. The van der Waals surface area contributed by atoms with Crippen molar-refractivity contribution in [2.24, 2.45) is 0 Å². The third-order valence-electron chi connectivity index (χ3n) is 5.03. The number of benzene rings is 1. The van der Waals surface area contributed by atoms with Crippen LogP contribution < -0.4 is 20.7 Å². The monoisotopic (exact) mass is 382 g/mol. The highest BCUT2D eigenvalue weighted by Gasteiger charge is 2.25. The second kappa shape index (κ2) is 7.50. The highest BCUT2D eigenvalue weighted by molar-refractivity contribution is 5.98. The molecular weight excluding hydrogens is 356 g/mol. The van der Waals surface area contributed by atoms with Crippen LogP contribution in [0.25, 0.3) is 0 Å². The van der Waals surface area contributed by atoms with E-state index in [9.17, 15) is 9.59 Å². The van der Waals surface area contributed by atoms with Gasteiger partial charge in [0, 0.05) is 23.5 Å². The molecule has 1 aromatic heterocycles. The Labute approximate surface area is 164 Å². The van der Waals surface area contributed by atoms with Crippen molar-refractivity contribution in [1.82, 2.24) is 10.3 Å². The predicted octanol–water partition coefficient (Wildman–Crippen LogP) is 4.13. The molecule has 3 amide bonds. The van der Waals surface area contributed by atoms with E-state index in [0.29, 0.717) is 11.6 Å². The van der Waals surface area contributed by atoms with Crippen LogP contribution in [0.2, 0.25) is 0 Å². The standard InChI is InChI=1S/C21H26N4O3/c1-10(2)23-21(27)25-18-11(3)13(5)19(14(6)12(18)4)28-16-7-8-22-20-15(16)9-17(26)24-20/h7-8,10H,9H2,1-6H3,(H,22,24,26)(H2,23,25,27). The predicted molar refractivity (Wildman–Crippen MR) is 109 cm³/mol. The van der Waals surface area contributed by atoms with Crippen LogP contribution in [-0.2, 0) is 11.2 Å². The van der Waals surface area contributed by atoms with Crippen LogP contribution in [-0.4, -0.2) is 23.0 Å². The number of hydrogen-bond acceptors (Lipinski definition) is 4. The Morgan fingerprint density at radius 2 is 1.79 bits per heavy atom. The smallest absolute Gasteiger partial charge is 0.319 e. The molecule has 1 aliphatic heterocycles. The van der Waals surface area contributed by atoms with Gasteiger partial charge in [0.05, 0.1) is 6.42 Å². The second-order valence-electron chi connectivity index (χ2n) is 7.42. The van der Waals surface area contributed by atoms with E-state index in [1.807, 2.05) is 41.5 Å². The van der Waals surface area contributed by atoms with E-state index in [0.717, 1.165) is 39.3 Å². The summed E-state index contributed by atoms with van der Waals surface area (Å²) in [4.78, 5) is 28.1. The molecule has 148 valence electrons. The largest absolute Gasteiger partial charge is 0.456 e. The van der Waals surface area contributed by atoms with Crippen LogP contribution >= 0.6 is 0 Å². The van der Waals surface area contributed by atoms with Gasteiger partial charge < -0.3 is 20.7 Å². The van der Waals surface area contributed by atoms with Crippen LogP contribution in [0.5, 0.6) is 11.5 Å². The van der Waals surface area contributed by atoms with Crippen molar-refractivity contribution < 1.29 is 14.3 Å². The Morgan fingerprint density at radius 3 is 2.39 bits per heavy atom. The zero-order chi connectivity index (χ0) is 20.6. The lowest BCUT2D eigenvalue weighted by atomic mass is 9.97. The van der Waals surface area contributed by atoms with E-state index >= 15 is 0 Å². The van der Waals surface area contributed by atoms with Crippen molar-refractivity contribution in [3.63, 3.8) is 0 Å². The maximum absolute atomic E-state index is 12.2. The van der Waals surface area contributed by atoms with Crippen molar-refractivity contribution in [2.75, 3.05) is 10.6 Å². The fourth-order valence-corrected chi connectivity index (χ4v) is 3.33. The zero-order valence-corrected chi connectivity index (χ0v) is 17.1. The summed E-state index contributed by atoms with van der Waals surface area (Å²) in [6, 6.07) is 1.59. The second-order valence-corrected chi connectivity index (χ2v) is 7.42. The summed E-state index contributed by atoms with van der Waals surface area (Å²) in [7, 11) is 0. The van der Waals surface area contributed by atoms with E-state index in [1.54, 1.807) is 12.3 Å². The Bertz CT molecular complexity index is 938. The van der Waals surface area contributed by atoms with Gasteiger partial charge in [0.15, 0.2) is 0 Å². The summed E-state index contributed by atoms with van der Waals surface area (Å²) in [5, 5.41) is 8.54. The molecule has 2 aromatic rings. The van der Waals surface area contributed by atoms with Gasteiger partial charge >= 0.3 is 6.03 Å². The van der Waals surface area contributed by atoms with Crippen LogP contribution in [0.3, 0.4) is 0 Å². The molecule has 0 atom stereocenters. The molecule has 0 bridgehead atoms. The summed E-state index contributed by atoms with van der Waals surface area (Å²) >= 11 is 0. The molecule has 3 N–H and O–H groups in total. The first kappa shape index (κ1) is 19.7. The third-order valence-corrected chi connectivity index (χ3v) is 5.03. The molecule has 0 aliphatic carbocycles. The first-order valence-electron chi connectivity index (χ1n) is 9.32. The minimum Gasteiger partial charge on any atom is -0.456 e. The van der Waals surface area contributed by atoms with Gasteiger partial charge in [-0.1, -0.05) is 0 Å². The number of carbonyl (C=O) groups excluding carboxylic acids is 2. The number of urea groups is 1. The van der Waals surface area contributed by atoms with Gasteiger partial charge in [0.2, 0.25) is 5.91 Å². The minimum absolute atomic E-state index is 0.0514. The normalized spacial score (nSPS) is 12.6. The molecule has 2 heterocycles. The highest BCUT2D eigenvalue weighted by atomic mass is 16.5. The Kier molecular flexibility index (Phi) is 5.27. The lowest BCUT2D eigenvalue weighted by molar-refractivity contribution is -0.115. The number of fused-ring (bicyclic) bond motifs is 1. The van der Waals surface area contributed by atoms with E-state index in [2.05, 4.69) is 20.9 Å². The molecule has 3 rings (SSSR count). The lowest BCUT2D eigenvalue weighted by Crippen LogP contribution is -2.34. The van der Waals surface area contributed by atoms with E-state index < -0.39 is 0 Å². The van der Waals surface area contributed by atoms with Gasteiger partial charge in [-0.2, -0.15) is 0 Å². The molecule has 7 heteroatoms. The maximum atomic E-state index is 12.2. The first-order chi connectivity index (χ1) is 13.2. The number of amides is 3. The van der Waals surface area contributed by atoms with Crippen molar-refractivity contribution in [3.8, 4) is 11.5 Å². The molecule has 0 saturated carbocycles. The summed E-state index contributed by atoms with van der Waals surface area (Å²) in [5.74, 6) is 1.81. The molecule has 28 heavy (non-hydrogen) atoms. The summed E-state index contributed by atoms with van der Waals surface area (Å²) in [6.45, 7) is 11.7. The number of aromatic nitrogens is 1. The fraction of sp³-hybridized carbons (Fsp3) is 0.381. The molecule has 1 aromatic carbocycles. The van der Waals surface area contributed by atoms with Crippen LogP contribution in [0, 0.1) is 27.7 Å². The van der Waals surface area contributed by atoms with Crippen LogP contribution in [0.4, 0.5) is 16.3 Å². The van der Waals surface area contributed by atoms with Crippen LogP contribution in [0.1, 0.15) is 41.7 Å². The van der Waals surface area contributed by atoms with Gasteiger partial charge in [-0.05, 0) is 69.9 Å². The number of nitrogens with zero attached hydrogens (tertiary/aromatic N) is 1. The van der Waals surface area contributed by atoms with Crippen molar-refractivity contribution in [3.05, 3.63) is 40.1 Å².